The number of aromatic nitrogens is 4. The van der Waals surface area contributed by atoms with Crippen molar-refractivity contribution in [2.75, 3.05) is 12.0 Å². The summed E-state index contributed by atoms with van der Waals surface area (Å²) in [5.74, 6) is -0.195. The number of carbonyl (C=O) groups excluding carboxylic acids is 1. The molecule has 1 saturated heterocycles. The van der Waals surface area contributed by atoms with Crippen molar-refractivity contribution in [3.05, 3.63) is 113 Å². The summed E-state index contributed by atoms with van der Waals surface area (Å²) in [5, 5.41) is 0.754. The highest BCUT2D eigenvalue weighted by atomic mass is 35.5. The SMILES string of the molecule is COc1cc(/C=C2/SC(=S)N(c3cccc(C(F)(F)F)c3)C2=O)ccc1Oc1nc2c(c(=O)n(C)c(=O)n2C)n1Cc1ccc(Cl)cc1Cl. The standard InChI is InChI=1S/C32H22Cl2F3N5O5S2/c1-39-26-25(28(44)40(2)30(39)45)41(15-17-8-9-19(33)14-21(17)34)29(38-26)47-22-10-7-16(11-23(22)46-3)12-24-27(43)42(31(48)49-24)20-6-4-5-18(13-20)32(35,36)37/h4-14H,15H2,1-3H3/b24-12+. The van der Waals surface area contributed by atoms with E-state index in [0.29, 0.717) is 21.2 Å². The van der Waals surface area contributed by atoms with Crippen LogP contribution in [0.3, 0.4) is 0 Å². The van der Waals surface area contributed by atoms with E-state index in [2.05, 4.69) is 4.98 Å². The maximum Gasteiger partial charge on any atom is 0.416 e. The molecule has 3 heterocycles. The van der Waals surface area contributed by atoms with Gasteiger partial charge in [-0.25, -0.2) is 4.79 Å². The van der Waals surface area contributed by atoms with E-state index in [1.165, 1.54) is 48.5 Å². The van der Waals surface area contributed by atoms with Gasteiger partial charge in [0, 0.05) is 24.1 Å². The number of methoxy groups -OCH3 is 1. The number of anilines is 1. The Morgan fingerprint density at radius 3 is 2.43 bits per heavy atom. The number of rotatable bonds is 7. The topological polar surface area (TPSA) is 101 Å². The van der Waals surface area contributed by atoms with Crippen LogP contribution in [0.15, 0.2) is 75.2 Å². The molecular weight excluding hydrogens is 726 g/mol. The van der Waals surface area contributed by atoms with Gasteiger partial charge in [-0.1, -0.05) is 65.4 Å². The summed E-state index contributed by atoms with van der Waals surface area (Å²) >= 11 is 18.8. The molecule has 252 valence electrons. The number of benzene rings is 3. The number of hydrogen-bond acceptors (Lipinski definition) is 8. The monoisotopic (exact) mass is 747 g/mol. The Bertz CT molecular complexity index is 2350. The highest BCUT2D eigenvalue weighted by Crippen LogP contribution is 2.40. The van der Waals surface area contributed by atoms with Crippen LogP contribution < -0.4 is 25.6 Å². The zero-order valence-electron chi connectivity index (χ0n) is 25.5. The Balaban J connectivity index is 1.36. The molecule has 3 aromatic carbocycles. The lowest BCUT2D eigenvalue weighted by atomic mass is 10.1. The highest BCUT2D eigenvalue weighted by molar-refractivity contribution is 8.27. The maximum absolute atomic E-state index is 13.3. The van der Waals surface area contributed by atoms with Gasteiger partial charge < -0.3 is 9.47 Å². The second-order valence-corrected chi connectivity index (χ2v) is 13.2. The van der Waals surface area contributed by atoms with Gasteiger partial charge in [0.2, 0.25) is 0 Å². The fourth-order valence-electron chi connectivity index (χ4n) is 5.09. The van der Waals surface area contributed by atoms with Gasteiger partial charge in [-0.3, -0.25) is 28.2 Å². The second-order valence-electron chi connectivity index (χ2n) is 10.7. The molecule has 2 aromatic heterocycles. The first-order chi connectivity index (χ1) is 23.2. The molecule has 0 bridgehead atoms. The molecule has 6 rings (SSSR count). The zero-order valence-corrected chi connectivity index (χ0v) is 28.7. The van der Waals surface area contributed by atoms with Crippen molar-refractivity contribution in [2.45, 2.75) is 12.7 Å². The fraction of sp³-hybridized carbons (Fsp3) is 0.156. The van der Waals surface area contributed by atoms with Crippen LogP contribution in [-0.4, -0.2) is 36.0 Å². The first kappa shape index (κ1) is 34.3. The molecule has 1 aliphatic heterocycles. The van der Waals surface area contributed by atoms with E-state index in [0.717, 1.165) is 33.4 Å². The number of aryl methyl sites for hydroxylation is 1. The number of carbonyl (C=O) groups is 1. The van der Waals surface area contributed by atoms with Crippen LogP contribution in [-0.2, 0) is 31.6 Å². The first-order valence-electron chi connectivity index (χ1n) is 14.1. The summed E-state index contributed by atoms with van der Waals surface area (Å²) in [6.45, 7) is 0.0312. The first-order valence-corrected chi connectivity index (χ1v) is 16.1. The van der Waals surface area contributed by atoms with Gasteiger partial charge in [0.05, 0.1) is 29.8 Å². The van der Waals surface area contributed by atoms with E-state index in [1.54, 1.807) is 36.4 Å². The Kier molecular flexibility index (Phi) is 9.13. The van der Waals surface area contributed by atoms with E-state index in [-0.39, 0.29) is 50.1 Å². The normalized spacial score (nSPS) is 14.4. The molecule has 0 radical (unpaired) electrons. The summed E-state index contributed by atoms with van der Waals surface area (Å²) in [7, 11) is 4.23. The van der Waals surface area contributed by atoms with Crippen molar-refractivity contribution in [3.63, 3.8) is 0 Å². The smallest absolute Gasteiger partial charge is 0.416 e. The Morgan fingerprint density at radius 1 is 0.980 bits per heavy atom. The number of fused-ring (bicyclic) bond motifs is 1. The Labute approximate surface area is 294 Å². The van der Waals surface area contributed by atoms with Crippen LogP contribution in [0.2, 0.25) is 10.0 Å². The average Bonchev–Trinajstić information content (AvgIpc) is 3.55. The number of hydrogen-bond donors (Lipinski definition) is 0. The lowest BCUT2D eigenvalue weighted by Gasteiger charge is -2.16. The molecule has 0 atom stereocenters. The van der Waals surface area contributed by atoms with Gasteiger partial charge in [0.1, 0.15) is 0 Å². The van der Waals surface area contributed by atoms with Crippen molar-refractivity contribution < 1.29 is 27.4 Å². The molecule has 17 heteroatoms. The van der Waals surface area contributed by atoms with Crippen molar-refractivity contribution in [1.82, 2.24) is 18.7 Å². The molecular formula is C32H22Cl2F3N5O5S2. The van der Waals surface area contributed by atoms with Crippen molar-refractivity contribution >= 4 is 80.3 Å². The van der Waals surface area contributed by atoms with E-state index in [9.17, 15) is 27.6 Å². The van der Waals surface area contributed by atoms with Gasteiger partial charge in [-0.15, -0.1) is 0 Å². The summed E-state index contributed by atoms with van der Waals surface area (Å²) in [6.07, 6.45) is -3.07. The number of thioether (sulfide) groups is 1. The van der Waals surface area contributed by atoms with Crippen molar-refractivity contribution in [1.29, 1.82) is 0 Å². The minimum Gasteiger partial charge on any atom is -0.493 e. The number of alkyl halides is 3. The van der Waals surface area contributed by atoms with E-state index in [4.69, 9.17) is 44.9 Å². The Hall–Kier alpha value is -4.57. The molecule has 5 aromatic rings. The summed E-state index contributed by atoms with van der Waals surface area (Å²) < 4.78 is 55.4. The van der Waals surface area contributed by atoms with E-state index < -0.39 is 28.9 Å². The Morgan fingerprint density at radius 2 is 1.73 bits per heavy atom. The third-order valence-electron chi connectivity index (χ3n) is 7.57. The van der Waals surface area contributed by atoms with Gasteiger partial charge in [-0.05, 0) is 59.7 Å². The van der Waals surface area contributed by atoms with Crippen LogP contribution in [0.25, 0.3) is 17.2 Å². The van der Waals surface area contributed by atoms with Crippen LogP contribution in [0, 0.1) is 0 Å². The largest absolute Gasteiger partial charge is 0.493 e. The molecule has 0 N–H and O–H groups in total. The average molecular weight is 749 g/mol. The number of nitrogens with zero attached hydrogens (tertiary/aromatic N) is 5. The summed E-state index contributed by atoms with van der Waals surface area (Å²) in [4.78, 5) is 45.0. The summed E-state index contributed by atoms with van der Waals surface area (Å²) in [6, 6.07) is 13.9. The molecule has 0 aliphatic carbocycles. The third kappa shape index (κ3) is 6.46. The predicted octanol–water partition coefficient (Wildman–Crippen LogP) is 7.01. The van der Waals surface area contributed by atoms with E-state index >= 15 is 0 Å². The number of thiocarbonyl (C=S) groups is 1. The molecule has 0 saturated carbocycles. The number of amides is 1. The van der Waals surface area contributed by atoms with Crippen LogP contribution in [0.1, 0.15) is 16.7 Å². The lowest BCUT2D eigenvalue weighted by molar-refractivity contribution is -0.137. The molecule has 10 nitrogen and oxygen atoms in total. The predicted molar refractivity (Wildman–Crippen MR) is 186 cm³/mol. The van der Waals surface area contributed by atoms with Gasteiger partial charge in [0.15, 0.2) is 27.0 Å². The van der Waals surface area contributed by atoms with Crippen LogP contribution in [0.5, 0.6) is 17.5 Å². The van der Waals surface area contributed by atoms with Crippen LogP contribution >= 0.6 is 47.2 Å². The lowest BCUT2D eigenvalue weighted by Crippen LogP contribution is -2.37. The minimum absolute atomic E-state index is 0.00263. The zero-order chi connectivity index (χ0) is 35.4. The molecule has 1 fully saturated rings. The maximum atomic E-state index is 13.3. The minimum atomic E-state index is -4.59. The molecule has 1 aliphatic rings. The number of ether oxygens (including phenoxy) is 2. The fourth-order valence-corrected chi connectivity index (χ4v) is 6.86. The highest BCUT2D eigenvalue weighted by Gasteiger charge is 2.36. The van der Waals surface area contributed by atoms with Crippen LogP contribution in [0.4, 0.5) is 18.9 Å². The molecule has 0 spiro atoms. The van der Waals surface area contributed by atoms with Gasteiger partial charge in [-0.2, -0.15) is 18.2 Å². The summed E-state index contributed by atoms with van der Waals surface area (Å²) in [5.41, 5.74) is -0.847. The molecule has 1 amide bonds. The number of halogens is 5. The third-order valence-corrected chi connectivity index (χ3v) is 9.46. The second kappa shape index (κ2) is 13.0. The van der Waals surface area contributed by atoms with Gasteiger partial charge in [0.25, 0.3) is 11.5 Å². The molecule has 49 heavy (non-hydrogen) atoms. The van der Waals surface area contributed by atoms with Gasteiger partial charge >= 0.3 is 17.9 Å². The van der Waals surface area contributed by atoms with Crippen molar-refractivity contribution in [3.8, 4) is 17.5 Å². The van der Waals surface area contributed by atoms with E-state index in [1.807, 2.05) is 0 Å². The van der Waals surface area contributed by atoms with Crippen molar-refractivity contribution in [2.24, 2.45) is 14.1 Å². The number of imidazole rings is 1. The molecule has 0 unspecified atom stereocenters. The quantitative estimate of drug-likeness (QED) is 0.130.